The average Bonchev–Trinajstić information content (AvgIpc) is 3.58. The van der Waals surface area contributed by atoms with E-state index in [-0.39, 0.29) is 17.9 Å². The van der Waals surface area contributed by atoms with Gasteiger partial charge in [0, 0.05) is 52.5 Å². The molecule has 1 fully saturated rings. The van der Waals surface area contributed by atoms with E-state index in [0.717, 1.165) is 47.6 Å². The Bertz CT molecular complexity index is 1480. The van der Waals surface area contributed by atoms with E-state index in [2.05, 4.69) is 25.8 Å². The first-order valence-electron chi connectivity index (χ1n) is 12.2. The van der Waals surface area contributed by atoms with Gasteiger partial charge in [-0.05, 0) is 67.0 Å². The first kappa shape index (κ1) is 26.1. The number of benzene rings is 2. The molecule has 2 aromatic heterocycles. The van der Waals surface area contributed by atoms with Gasteiger partial charge in [0.2, 0.25) is 0 Å². The van der Waals surface area contributed by atoms with Crippen LogP contribution in [0.25, 0.3) is 21.8 Å². The molecule has 4 aromatic rings. The minimum Gasteiger partial charge on any atom is -0.506 e. The second kappa shape index (κ2) is 10.7. The minimum absolute atomic E-state index is 0.0277. The fourth-order valence-electron chi connectivity index (χ4n) is 5.07. The van der Waals surface area contributed by atoms with Crippen molar-refractivity contribution in [2.24, 2.45) is 7.05 Å². The first-order chi connectivity index (χ1) is 17.8. The average molecular weight is 593 g/mol. The van der Waals surface area contributed by atoms with Gasteiger partial charge in [-0.25, -0.2) is 13.6 Å². The van der Waals surface area contributed by atoms with Gasteiger partial charge in [0.1, 0.15) is 5.75 Å². The van der Waals surface area contributed by atoms with Crippen LogP contribution in [0.3, 0.4) is 0 Å². The normalized spacial score (nSPS) is 14.4. The minimum atomic E-state index is -2.53. The van der Waals surface area contributed by atoms with Gasteiger partial charge in [0.15, 0.2) is 0 Å². The summed E-state index contributed by atoms with van der Waals surface area (Å²) in [5.74, 6) is 0.154. The monoisotopic (exact) mass is 591 g/mol. The summed E-state index contributed by atoms with van der Waals surface area (Å²) in [5.41, 5.74) is 3.39. The van der Waals surface area contributed by atoms with Crippen LogP contribution in [0.5, 0.6) is 5.75 Å². The number of fused-ring (bicyclic) bond motifs is 2. The van der Waals surface area contributed by atoms with Gasteiger partial charge in [-0.15, -0.1) is 11.8 Å². The van der Waals surface area contributed by atoms with Crippen molar-refractivity contribution in [1.29, 1.82) is 0 Å². The quantitative estimate of drug-likeness (QED) is 0.168. The lowest BCUT2D eigenvalue weighted by molar-refractivity contribution is 0.0527. The van der Waals surface area contributed by atoms with Gasteiger partial charge in [-0.1, -0.05) is 12.1 Å². The van der Waals surface area contributed by atoms with E-state index in [1.165, 1.54) is 23.9 Å². The molecule has 0 amide bonds. The zero-order valence-corrected chi connectivity index (χ0v) is 23.0. The number of carbonyl (C=O) groups is 1. The number of aromatic nitrogens is 2. The van der Waals surface area contributed by atoms with Crippen molar-refractivity contribution >= 4 is 55.5 Å². The molecule has 3 heterocycles. The Hall–Kier alpha value is -2.56. The van der Waals surface area contributed by atoms with Crippen molar-refractivity contribution in [2.45, 2.75) is 43.5 Å². The fourth-order valence-corrected chi connectivity index (χ4v) is 6.55. The number of hydrogen-bond donors (Lipinski definition) is 2. The predicted molar refractivity (Wildman–Crippen MR) is 146 cm³/mol. The molecule has 1 saturated heterocycles. The summed E-state index contributed by atoms with van der Waals surface area (Å²) in [6, 6.07) is 8.34. The number of ether oxygens (including phenoxy) is 1. The number of aryl methyl sites for hydroxylation is 1. The lowest BCUT2D eigenvalue weighted by Crippen LogP contribution is -2.19. The number of aromatic hydroxyl groups is 1. The zero-order valence-electron chi connectivity index (χ0n) is 20.6. The first-order valence-corrected chi connectivity index (χ1v) is 14.0. The molecule has 10 heteroatoms. The Balaban J connectivity index is 1.57. The number of phenolic OH excluding ortho intramolecular Hbond substituents is 1. The third kappa shape index (κ3) is 4.98. The van der Waals surface area contributed by atoms with Crippen LogP contribution in [0.15, 0.2) is 39.8 Å². The van der Waals surface area contributed by atoms with Crippen molar-refractivity contribution in [2.75, 3.05) is 19.7 Å². The van der Waals surface area contributed by atoms with Crippen molar-refractivity contribution in [3.05, 3.63) is 57.2 Å². The van der Waals surface area contributed by atoms with E-state index in [9.17, 15) is 18.7 Å². The maximum atomic E-state index is 13.3. The summed E-state index contributed by atoms with van der Waals surface area (Å²) >= 11 is 4.99. The summed E-state index contributed by atoms with van der Waals surface area (Å²) in [6.07, 6.45) is -0.303. The maximum absolute atomic E-state index is 13.3. The molecule has 1 aliphatic heterocycles. The van der Waals surface area contributed by atoms with Crippen LogP contribution in [-0.4, -0.2) is 45.2 Å². The van der Waals surface area contributed by atoms with Crippen LogP contribution in [0.1, 0.15) is 53.4 Å². The number of nitrogens with one attached hydrogen (secondary N) is 1. The van der Waals surface area contributed by atoms with Gasteiger partial charge in [-0.2, -0.15) is 0 Å². The topological polar surface area (TPSA) is 70.5 Å². The number of hydrogen-bond acceptors (Lipinski definition) is 5. The van der Waals surface area contributed by atoms with E-state index < -0.39 is 12.4 Å². The van der Waals surface area contributed by atoms with E-state index in [1.807, 2.05) is 23.7 Å². The summed E-state index contributed by atoms with van der Waals surface area (Å²) < 4.78 is 34.3. The number of halogens is 3. The van der Waals surface area contributed by atoms with Gasteiger partial charge in [0.25, 0.3) is 6.43 Å². The second-order valence-electron chi connectivity index (χ2n) is 9.23. The number of likely N-dealkylation sites (tertiary alicyclic amines) is 1. The van der Waals surface area contributed by atoms with E-state index in [4.69, 9.17) is 4.74 Å². The molecule has 0 aliphatic carbocycles. The molecule has 6 nitrogen and oxygen atoms in total. The number of aromatic amines is 1. The highest BCUT2D eigenvalue weighted by atomic mass is 79.9. The van der Waals surface area contributed by atoms with Gasteiger partial charge in [0.05, 0.1) is 27.2 Å². The Kier molecular flexibility index (Phi) is 7.51. The van der Waals surface area contributed by atoms with Crippen LogP contribution < -0.4 is 0 Å². The predicted octanol–water partition coefficient (Wildman–Crippen LogP) is 7.13. The van der Waals surface area contributed by atoms with Gasteiger partial charge >= 0.3 is 5.97 Å². The lowest BCUT2D eigenvalue weighted by atomic mass is 10.0. The smallest absolute Gasteiger partial charge is 0.340 e. The molecule has 5 rings (SSSR count). The number of esters is 1. The van der Waals surface area contributed by atoms with Gasteiger partial charge < -0.3 is 19.4 Å². The molecule has 1 aliphatic rings. The standard InChI is InChI=1S/C27H28BrF2N3O3S/c1-3-36-27(35)24-21(14-37-22-11-15-6-7-16(26(29)30)10-19(15)31-22)32(2)20-12-18(28)25(34)17(23(20)24)13-33-8-4-5-9-33/h6-7,10-12,26,31,34H,3-5,8-9,13-14H2,1-2H3. The number of rotatable bonds is 8. The fraction of sp³-hybridized carbons (Fsp3) is 0.370. The van der Waals surface area contributed by atoms with Crippen LogP contribution in [-0.2, 0) is 24.1 Å². The third-order valence-electron chi connectivity index (χ3n) is 6.94. The summed E-state index contributed by atoms with van der Waals surface area (Å²) in [7, 11) is 1.91. The highest BCUT2D eigenvalue weighted by molar-refractivity contribution is 9.10. The van der Waals surface area contributed by atoms with E-state index in [1.54, 1.807) is 13.0 Å². The Morgan fingerprint density at radius 2 is 2.00 bits per heavy atom. The molecular formula is C27H28BrF2N3O3S. The molecule has 0 unspecified atom stereocenters. The largest absolute Gasteiger partial charge is 0.506 e. The second-order valence-corrected chi connectivity index (χ2v) is 11.1. The molecule has 0 spiro atoms. The molecule has 0 atom stereocenters. The Labute approximate surface area is 226 Å². The summed E-state index contributed by atoms with van der Waals surface area (Å²) in [4.78, 5) is 18.8. The van der Waals surface area contributed by atoms with Crippen LogP contribution in [0.2, 0.25) is 0 Å². The summed E-state index contributed by atoms with van der Waals surface area (Å²) in [6.45, 7) is 4.45. The molecular weight excluding hydrogens is 564 g/mol. The van der Waals surface area contributed by atoms with Crippen molar-refractivity contribution < 1.29 is 23.4 Å². The highest BCUT2D eigenvalue weighted by Gasteiger charge is 2.28. The summed E-state index contributed by atoms with van der Waals surface area (Å²) in [5, 5.41) is 13.4. The SMILES string of the molecule is CCOC(=O)c1c(CSc2cc3ccc(C(F)F)cc3[nH]2)n(C)c2cc(Br)c(O)c(CN3CCCC3)c12. The van der Waals surface area contributed by atoms with Crippen LogP contribution in [0.4, 0.5) is 8.78 Å². The zero-order chi connectivity index (χ0) is 26.3. The molecule has 2 N–H and O–H groups in total. The lowest BCUT2D eigenvalue weighted by Gasteiger charge is -2.18. The van der Waals surface area contributed by atoms with E-state index in [0.29, 0.717) is 38.8 Å². The highest BCUT2D eigenvalue weighted by Crippen LogP contribution is 2.41. The molecule has 196 valence electrons. The number of phenols is 1. The van der Waals surface area contributed by atoms with E-state index >= 15 is 0 Å². The van der Waals surface area contributed by atoms with Gasteiger partial charge in [-0.3, -0.25) is 4.90 Å². The van der Waals surface area contributed by atoms with Crippen molar-refractivity contribution in [3.63, 3.8) is 0 Å². The molecule has 0 radical (unpaired) electrons. The molecule has 0 bridgehead atoms. The number of carbonyl (C=O) groups excluding carboxylic acids is 1. The Morgan fingerprint density at radius 1 is 1.24 bits per heavy atom. The molecule has 0 saturated carbocycles. The Morgan fingerprint density at radius 3 is 2.70 bits per heavy atom. The van der Waals surface area contributed by atoms with Crippen LogP contribution in [0, 0.1) is 0 Å². The number of alkyl halides is 2. The van der Waals surface area contributed by atoms with Crippen molar-refractivity contribution in [1.82, 2.24) is 14.5 Å². The number of H-pyrrole nitrogens is 1. The number of thioether (sulfide) groups is 1. The molecule has 37 heavy (non-hydrogen) atoms. The van der Waals surface area contributed by atoms with Crippen LogP contribution >= 0.6 is 27.7 Å². The maximum Gasteiger partial charge on any atom is 0.340 e. The molecule has 2 aromatic carbocycles. The van der Waals surface area contributed by atoms with Crippen molar-refractivity contribution in [3.8, 4) is 5.75 Å². The third-order valence-corrected chi connectivity index (χ3v) is 8.49. The number of nitrogens with zero attached hydrogens (tertiary/aromatic N) is 2.